The van der Waals surface area contributed by atoms with Crippen molar-refractivity contribution in [1.82, 2.24) is 5.32 Å². The van der Waals surface area contributed by atoms with E-state index in [0.717, 1.165) is 0 Å². The number of hydrogen-bond donors (Lipinski definition) is 1. The number of amides is 2. The van der Waals surface area contributed by atoms with E-state index in [9.17, 15) is 9.59 Å². The molecule has 1 heterocycles. The zero-order chi connectivity index (χ0) is 15.4. The summed E-state index contributed by atoms with van der Waals surface area (Å²) in [5.41, 5.74) is 0.714. The van der Waals surface area contributed by atoms with Gasteiger partial charge in [0.2, 0.25) is 11.8 Å². The highest BCUT2D eigenvalue weighted by atomic mass is 16.5. The number of hydrogen-bond acceptors (Lipinski definition) is 3. The molecule has 0 spiro atoms. The molecule has 1 aromatic carbocycles. The van der Waals surface area contributed by atoms with E-state index in [4.69, 9.17) is 4.74 Å². The van der Waals surface area contributed by atoms with Gasteiger partial charge in [0.25, 0.3) is 0 Å². The minimum atomic E-state index is -0.461. The van der Waals surface area contributed by atoms with Crippen molar-refractivity contribution in [2.45, 2.75) is 45.7 Å². The van der Waals surface area contributed by atoms with Crippen LogP contribution in [0.1, 0.15) is 33.6 Å². The van der Waals surface area contributed by atoms with Gasteiger partial charge in [-0.1, -0.05) is 19.9 Å². The largest absolute Gasteiger partial charge is 0.494 e. The SMILES string of the molecule is CCOc1cccc(N2C(=O)C(CC)NC(=O)C2CC)c1. The van der Waals surface area contributed by atoms with Crippen LogP contribution in [0, 0.1) is 0 Å². The molecule has 1 aliphatic rings. The topological polar surface area (TPSA) is 58.6 Å². The van der Waals surface area contributed by atoms with Crippen LogP contribution in [0.15, 0.2) is 24.3 Å². The van der Waals surface area contributed by atoms with Crippen LogP contribution >= 0.6 is 0 Å². The maximum absolute atomic E-state index is 12.6. The molecule has 0 aliphatic carbocycles. The van der Waals surface area contributed by atoms with E-state index in [1.165, 1.54) is 0 Å². The molecule has 2 atom stereocenters. The summed E-state index contributed by atoms with van der Waals surface area (Å²) < 4.78 is 5.48. The average Bonchev–Trinajstić information content (AvgIpc) is 2.49. The van der Waals surface area contributed by atoms with Crippen LogP contribution in [0.25, 0.3) is 0 Å². The van der Waals surface area contributed by atoms with Gasteiger partial charge in [-0.15, -0.1) is 0 Å². The van der Waals surface area contributed by atoms with Crippen LogP contribution in [0.2, 0.25) is 0 Å². The lowest BCUT2D eigenvalue weighted by Crippen LogP contribution is -2.63. The van der Waals surface area contributed by atoms with Gasteiger partial charge in [0.1, 0.15) is 17.8 Å². The molecule has 114 valence electrons. The number of benzene rings is 1. The minimum absolute atomic E-state index is 0.0578. The molecule has 0 saturated carbocycles. The molecule has 1 saturated heterocycles. The molecular weight excluding hydrogens is 268 g/mol. The summed E-state index contributed by atoms with van der Waals surface area (Å²) in [6.07, 6.45) is 1.16. The van der Waals surface area contributed by atoms with Crippen molar-refractivity contribution in [3.8, 4) is 5.75 Å². The van der Waals surface area contributed by atoms with Crippen LogP contribution in [-0.2, 0) is 9.59 Å². The maximum atomic E-state index is 12.6. The van der Waals surface area contributed by atoms with E-state index in [-0.39, 0.29) is 11.8 Å². The van der Waals surface area contributed by atoms with Crippen LogP contribution < -0.4 is 15.0 Å². The Hall–Kier alpha value is -2.04. The quantitative estimate of drug-likeness (QED) is 0.903. The fourth-order valence-electron chi connectivity index (χ4n) is 2.61. The first kappa shape index (κ1) is 15.4. The lowest BCUT2D eigenvalue weighted by Gasteiger charge is -2.38. The number of nitrogens with one attached hydrogen (secondary N) is 1. The van der Waals surface area contributed by atoms with Crippen LogP contribution in [0.5, 0.6) is 5.75 Å². The molecule has 5 heteroatoms. The van der Waals surface area contributed by atoms with E-state index in [0.29, 0.717) is 30.9 Å². The van der Waals surface area contributed by atoms with Crippen molar-refractivity contribution in [1.29, 1.82) is 0 Å². The zero-order valence-electron chi connectivity index (χ0n) is 12.8. The Morgan fingerprint density at radius 3 is 2.57 bits per heavy atom. The smallest absolute Gasteiger partial charge is 0.250 e. The zero-order valence-corrected chi connectivity index (χ0v) is 12.8. The Kier molecular flexibility index (Phi) is 4.83. The molecule has 5 nitrogen and oxygen atoms in total. The average molecular weight is 290 g/mol. The highest BCUT2D eigenvalue weighted by Crippen LogP contribution is 2.27. The summed E-state index contributed by atoms with van der Waals surface area (Å²) in [5.74, 6) is 0.556. The first-order chi connectivity index (χ1) is 10.1. The van der Waals surface area contributed by atoms with Crippen molar-refractivity contribution in [3.05, 3.63) is 24.3 Å². The Morgan fingerprint density at radius 2 is 1.95 bits per heavy atom. The number of ether oxygens (including phenoxy) is 1. The molecule has 1 aliphatic heterocycles. The van der Waals surface area contributed by atoms with E-state index in [2.05, 4.69) is 5.32 Å². The molecule has 2 amide bonds. The maximum Gasteiger partial charge on any atom is 0.250 e. The number of anilines is 1. The monoisotopic (exact) mass is 290 g/mol. The summed E-state index contributed by atoms with van der Waals surface area (Å²) in [4.78, 5) is 26.4. The Morgan fingerprint density at radius 1 is 1.19 bits per heavy atom. The third-order valence-electron chi connectivity index (χ3n) is 3.67. The van der Waals surface area contributed by atoms with Crippen molar-refractivity contribution in [2.75, 3.05) is 11.5 Å². The molecule has 0 bridgehead atoms. The Bertz CT molecular complexity index is 530. The molecule has 2 unspecified atom stereocenters. The van der Waals surface area contributed by atoms with E-state index in [1.54, 1.807) is 4.90 Å². The van der Waals surface area contributed by atoms with Gasteiger partial charge in [-0.2, -0.15) is 0 Å². The summed E-state index contributed by atoms with van der Waals surface area (Å²) in [7, 11) is 0. The lowest BCUT2D eigenvalue weighted by molar-refractivity contribution is -0.134. The number of nitrogens with zero attached hydrogens (tertiary/aromatic N) is 1. The van der Waals surface area contributed by atoms with E-state index < -0.39 is 12.1 Å². The lowest BCUT2D eigenvalue weighted by atomic mass is 10.0. The van der Waals surface area contributed by atoms with Gasteiger partial charge in [0.05, 0.1) is 6.61 Å². The van der Waals surface area contributed by atoms with E-state index in [1.807, 2.05) is 45.0 Å². The third kappa shape index (κ3) is 3.01. The third-order valence-corrected chi connectivity index (χ3v) is 3.67. The number of rotatable bonds is 5. The molecule has 0 radical (unpaired) electrons. The molecular formula is C16H22N2O3. The summed E-state index contributed by atoms with van der Waals surface area (Å²) in [5, 5.41) is 2.79. The summed E-state index contributed by atoms with van der Waals surface area (Å²) in [6, 6.07) is 6.44. The highest BCUT2D eigenvalue weighted by Gasteiger charge is 2.39. The molecule has 1 fully saturated rings. The minimum Gasteiger partial charge on any atom is -0.494 e. The molecule has 0 aromatic heterocycles. The second-order valence-electron chi connectivity index (χ2n) is 5.03. The number of piperazine rings is 1. The predicted octanol–water partition coefficient (Wildman–Crippen LogP) is 2.11. The first-order valence-electron chi connectivity index (χ1n) is 7.48. The number of carbonyl (C=O) groups is 2. The standard InChI is InChI=1S/C16H22N2O3/c1-4-13-16(20)18(14(5-2)15(19)17-13)11-8-7-9-12(10-11)21-6-3/h7-10,13-14H,4-6H2,1-3H3,(H,17,19). The second-order valence-corrected chi connectivity index (χ2v) is 5.03. The van der Waals surface area contributed by atoms with Gasteiger partial charge in [-0.05, 0) is 31.9 Å². The fourth-order valence-corrected chi connectivity index (χ4v) is 2.61. The van der Waals surface area contributed by atoms with Gasteiger partial charge < -0.3 is 10.1 Å². The van der Waals surface area contributed by atoms with Crippen LogP contribution in [0.4, 0.5) is 5.69 Å². The van der Waals surface area contributed by atoms with Gasteiger partial charge in [-0.3, -0.25) is 14.5 Å². The highest BCUT2D eigenvalue weighted by molar-refractivity contribution is 6.08. The number of carbonyl (C=O) groups excluding carboxylic acids is 2. The van der Waals surface area contributed by atoms with Gasteiger partial charge in [0.15, 0.2) is 0 Å². The Labute approximate surface area is 125 Å². The second kappa shape index (κ2) is 6.61. The van der Waals surface area contributed by atoms with Crippen molar-refractivity contribution >= 4 is 17.5 Å². The van der Waals surface area contributed by atoms with E-state index >= 15 is 0 Å². The normalized spacial score (nSPS) is 22.1. The van der Waals surface area contributed by atoms with Crippen LogP contribution in [-0.4, -0.2) is 30.5 Å². The van der Waals surface area contributed by atoms with Crippen LogP contribution in [0.3, 0.4) is 0 Å². The van der Waals surface area contributed by atoms with Crippen molar-refractivity contribution in [3.63, 3.8) is 0 Å². The fraction of sp³-hybridized carbons (Fsp3) is 0.500. The van der Waals surface area contributed by atoms with Gasteiger partial charge >= 0.3 is 0 Å². The molecule has 2 rings (SSSR count). The Balaban J connectivity index is 2.38. The predicted molar refractivity (Wildman–Crippen MR) is 81.4 cm³/mol. The van der Waals surface area contributed by atoms with Gasteiger partial charge in [0, 0.05) is 11.8 Å². The van der Waals surface area contributed by atoms with Crippen molar-refractivity contribution in [2.24, 2.45) is 0 Å². The first-order valence-corrected chi connectivity index (χ1v) is 7.48. The van der Waals surface area contributed by atoms with Crippen molar-refractivity contribution < 1.29 is 14.3 Å². The summed E-state index contributed by atoms with van der Waals surface area (Å²) >= 11 is 0. The summed E-state index contributed by atoms with van der Waals surface area (Å²) in [6.45, 7) is 6.27. The molecule has 21 heavy (non-hydrogen) atoms. The molecule has 1 N–H and O–H groups in total. The molecule has 1 aromatic rings. The van der Waals surface area contributed by atoms with Gasteiger partial charge in [-0.25, -0.2) is 0 Å².